The third kappa shape index (κ3) is 5.51. The molecule has 3 rings (SSSR count). The number of nitrogens with one attached hydrogen (secondary N) is 1. The van der Waals surface area contributed by atoms with Crippen LogP contribution in [-0.2, 0) is 4.79 Å². The maximum atomic E-state index is 12.4. The van der Waals surface area contributed by atoms with E-state index in [1.54, 1.807) is 20.3 Å². The monoisotopic (exact) mass is 401 g/mol. The number of amides is 1. The van der Waals surface area contributed by atoms with Gasteiger partial charge in [0.1, 0.15) is 0 Å². The number of hydrogen-bond acceptors (Lipinski definition) is 3. The predicted octanol–water partition coefficient (Wildman–Crippen LogP) is 5.06. The van der Waals surface area contributed by atoms with E-state index in [1.165, 1.54) is 17.2 Å². The first-order valence-electron chi connectivity index (χ1n) is 9.99. The number of rotatable bonds is 9. The molecule has 0 saturated carbocycles. The zero-order valence-electron chi connectivity index (χ0n) is 17.4. The summed E-state index contributed by atoms with van der Waals surface area (Å²) in [5, 5.41) is 2.99. The highest BCUT2D eigenvalue weighted by atomic mass is 16.5. The van der Waals surface area contributed by atoms with Gasteiger partial charge in [-0.25, -0.2) is 0 Å². The Labute approximate surface area is 178 Å². The summed E-state index contributed by atoms with van der Waals surface area (Å²) in [5.74, 6) is 1.33. The fraction of sp³-hybridized carbons (Fsp3) is 0.192. The summed E-state index contributed by atoms with van der Waals surface area (Å²) in [4.78, 5) is 12.4. The Morgan fingerprint density at radius 2 is 1.50 bits per heavy atom. The average molecular weight is 402 g/mol. The van der Waals surface area contributed by atoms with Crippen LogP contribution in [0, 0.1) is 0 Å². The molecule has 0 aliphatic heterocycles. The third-order valence-electron chi connectivity index (χ3n) is 4.98. The van der Waals surface area contributed by atoms with E-state index in [0.717, 1.165) is 12.0 Å². The standard InChI is InChI=1S/C26H27NO3/c1-29-24-15-9-14-22(26(24)30-2)16-17-25(28)27-19-18-23(20-10-5-3-6-11-20)21-12-7-4-8-13-21/h3-17,23H,18-19H2,1-2H3,(H,27,28)/b17-16+. The molecule has 0 spiro atoms. The van der Waals surface area contributed by atoms with Gasteiger partial charge in [-0.3, -0.25) is 4.79 Å². The Hall–Kier alpha value is -3.53. The van der Waals surface area contributed by atoms with Crippen LogP contribution in [0.5, 0.6) is 11.5 Å². The van der Waals surface area contributed by atoms with E-state index >= 15 is 0 Å². The molecule has 4 nitrogen and oxygen atoms in total. The SMILES string of the molecule is COc1cccc(/C=C/C(=O)NCCC(c2ccccc2)c2ccccc2)c1OC. The maximum absolute atomic E-state index is 12.4. The van der Waals surface area contributed by atoms with E-state index < -0.39 is 0 Å². The van der Waals surface area contributed by atoms with E-state index in [1.807, 2.05) is 54.6 Å². The van der Waals surface area contributed by atoms with Crippen LogP contribution in [0.1, 0.15) is 29.0 Å². The minimum atomic E-state index is -0.139. The summed E-state index contributed by atoms with van der Waals surface area (Å²) in [7, 11) is 3.18. The Morgan fingerprint density at radius 3 is 2.07 bits per heavy atom. The smallest absolute Gasteiger partial charge is 0.244 e. The molecule has 0 aliphatic carbocycles. The third-order valence-corrected chi connectivity index (χ3v) is 4.98. The van der Waals surface area contributed by atoms with Crippen LogP contribution in [0.3, 0.4) is 0 Å². The van der Waals surface area contributed by atoms with Gasteiger partial charge in [-0.1, -0.05) is 72.8 Å². The van der Waals surface area contributed by atoms with Gasteiger partial charge in [-0.15, -0.1) is 0 Å². The van der Waals surface area contributed by atoms with Crippen molar-refractivity contribution in [1.82, 2.24) is 5.32 Å². The van der Waals surface area contributed by atoms with Gasteiger partial charge in [0, 0.05) is 24.1 Å². The number of ether oxygens (including phenoxy) is 2. The second-order valence-electron chi connectivity index (χ2n) is 6.87. The molecular formula is C26H27NO3. The molecule has 4 heteroatoms. The second-order valence-corrected chi connectivity index (χ2v) is 6.87. The minimum Gasteiger partial charge on any atom is -0.493 e. The summed E-state index contributed by atoms with van der Waals surface area (Å²) >= 11 is 0. The van der Waals surface area contributed by atoms with Crippen LogP contribution < -0.4 is 14.8 Å². The summed E-state index contributed by atoms with van der Waals surface area (Å²) < 4.78 is 10.7. The van der Waals surface area contributed by atoms with Gasteiger partial charge >= 0.3 is 0 Å². The largest absolute Gasteiger partial charge is 0.493 e. The number of carbonyl (C=O) groups excluding carboxylic acids is 1. The summed E-state index contributed by atoms with van der Waals surface area (Å²) in [6, 6.07) is 26.3. The fourth-order valence-electron chi connectivity index (χ4n) is 3.50. The fourth-order valence-corrected chi connectivity index (χ4v) is 3.50. The van der Waals surface area contributed by atoms with Gasteiger partial charge in [0.25, 0.3) is 0 Å². The molecule has 30 heavy (non-hydrogen) atoms. The van der Waals surface area contributed by atoms with Crippen LogP contribution in [0.2, 0.25) is 0 Å². The van der Waals surface area contributed by atoms with E-state index in [-0.39, 0.29) is 11.8 Å². The first-order chi connectivity index (χ1) is 14.7. The van der Waals surface area contributed by atoms with Gasteiger partial charge in [-0.2, -0.15) is 0 Å². The van der Waals surface area contributed by atoms with Crippen molar-refractivity contribution in [2.75, 3.05) is 20.8 Å². The lowest BCUT2D eigenvalue weighted by molar-refractivity contribution is -0.116. The Bertz CT molecular complexity index is 929. The van der Waals surface area contributed by atoms with Gasteiger partial charge in [0.15, 0.2) is 11.5 Å². The molecule has 0 saturated heterocycles. The molecule has 0 aliphatic rings. The molecule has 3 aromatic carbocycles. The van der Waals surface area contributed by atoms with Crippen LogP contribution >= 0.6 is 0 Å². The van der Waals surface area contributed by atoms with E-state index in [4.69, 9.17) is 9.47 Å². The molecule has 3 aromatic rings. The molecular weight excluding hydrogens is 374 g/mol. The number of benzene rings is 3. The van der Waals surface area contributed by atoms with Crippen molar-refractivity contribution < 1.29 is 14.3 Å². The zero-order valence-corrected chi connectivity index (χ0v) is 17.4. The van der Waals surface area contributed by atoms with Crippen molar-refractivity contribution in [3.05, 3.63) is 102 Å². The summed E-state index contributed by atoms with van der Waals surface area (Å²) in [5.41, 5.74) is 3.28. The molecule has 0 unspecified atom stereocenters. The Balaban J connectivity index is 1.63. The maximum Gasteiger partial charge on any atom is 0.244 e. The van der Waals surface area contributed by atoms with Crippen molar-refractivity contribution in [2.45, 2.75) is 12.3 Å². The van der Waals surface area contributed by atoms with Gasteiger partial charge in [0.2, 0.25) is 5.91 Å². The van der Waals surface area contributed by atoms with Crippen molar-refractivity contribution in [3.8, 4) is 11.5 Å². The highest BCUT2D eigenvalue weighted by Gasteiger charge is 2.14. The van der Waals surface area contributed by atoms with Crippen LogP contribution in [0.15, 0.2) is 84.9 Å². The molecule has 0 fully saturated rings. The van der Waals surface area contributed by atoms with Gasteiger partial charge in [-0.05, 0) is 29.7 Å². The highest BCUT2D eigenvalue weighted by Crippen LogP contribution is 2.31. The van der Waals surface area contributed by atoms with E-state index in [9.17, 15) is 4.79 Å². The first kappa shape index (κ1) is 21.2. The normalized spacial score (nSPS) is 10.9. The van der Waals surface area contributed by atoms with Crippen molar-refractivity contribution in [1.29, 1.82) is 0 Å². The van der Waals surface area contributed by atoms with Crippen molar-refractivity contribution in [3.63, 3.8) is 0 Å². The zero-order chi connectivity index (χ0) is 21.2. The van der Waals surface area contributed by atoms with Crippen LogP contribution in [-0.4, -0.2) is 26.7 Å². The predicted molar refractivity (Wildman–Crippen MR) is 121 cm³/mol. The highest BCUT2D eigenvalue weighted by molar-refractivity contribution is 5.92. The minimum absolute atomic E-state index is 0.139. The molecule has 1 N–H and O–H groups in total. The van der Waals surface area contributed by atoms with Crippen molar-refractivity contribution >= 4 is 12.0 Å². The molecule has 0 aromatic heterocycles. The molecule has 0 radical (unpaired) electrons. The lowest BCUT2D eigenvalue weighted by atomic mass is 9.88. The summed E-state index contributed by atoms with van der Waals surface area (Å²) in [6.45, 7) is 0.576. The average Bonchev–Trinajstić information content (AvgIpc) is 2.81. The Morgan fingerprint density at radius 1 is 0.867 bits per heavy atom. The first-order valence-corrected chi connectivity index (χ1v) is 9.99. The molecule has 0 atom stereocenters. The number of para-hydroxylation sites is 1. The Kier molecular flexibility index (Phi) is 7.67. The lowest BCUT2D eigenvalue weighted by Gasteiger charge is -2.18. The van der Waals surface area contributed by atoms with E-state index in [0.29, 0.717) is 18.0 Å². The quantitative estimate of drug-likeness (QED) is 0.510. The molecule has 154 valence electrons. The lowest BCUT2D eigenvalue weighted by Crippen LogP contribution is -2.23. The molecule has 0 heterocycles. The summed E-state index contributed by atoms with van der Waals surface area (Å²) in [6.07, 6.45) is 4.08. The number of hydrogen-bond donors (Lipinski definition) is 1. The second kappa shape index (κ2) is 10.9. The van der Waals surface area contributed by atoms with E-state index in [2.05, 4.69) is 29.6 Å². The molecule has 1 amide bonds. The van der Waals surface area contributed by atoms with Gasteiger partial charge < -0.3 is 14.8 Å². The van der Waals surface area contributed by atoms with Crippen LogP contribution in [0.25, 0.3) is 6.08 Å². The van der Waals surface area contributed by atoms with Crippen LogP contribution in [0.4, 0.5) is 0 Å². The topological polar surface area (TPSA) is 47.6 Å². The number of carbonyl (C=O) groups is 1. The van der Waals surface area contributed by atoms with Gasteiger partial charge in [0.05, 0.1) is 14.2 Å². The number of methoxy groups -OCH3 is 2. The van der Waals surface area contributed by atoms with Crippen molar-refractivity contribution in [2.24, 2.45) is 0 Å². The molecule has 0 bridgehead atoms.